The van der Waals surface area contributed by atoms with Crippen LogP contribution in [0.3, 0.4) is 0 Å². The Morgan fingerprint density at radius 1 is 1.16 bits per heavy atom. The number of hydrogen-bond donors (Lipinski definition) is 2. The topological polar surface area (TPSA) is 94.1 Å². The summed E-state index contributed by atoms with van der Waals surface area (Å²) in [5.41, 5.74) is 0.593. The molecule has 138 valence electrons. The minimum atomic E-state index is -0.823. The number of hydrogen-bond acceptors (Lipinski definition) is 5. The Labute approximate surface area is 147 Å². The highest BCUT2D eigenvalue weighted by molar-refractivity contribution is 5.93. The SMILES string of the molecule is COCCOc1cc(NC(=O)C2CCCC(C(=O)O)C2)ccc1OC. The number of carboxylic acid groups (broad SMARTS) is 1. The van der Waals surface area contributed by atoms with Gasteiger partial charge in [-0.05, 0) is 31.4 Å². The van der Waals surface area contributed by atoms with Crippen molar-refractivity contribution >= 4 is 17.6 Å². The van der Waals surface area contributed by atoms with Gasteiger partial charge in [0.25, 0.3) is 0 Å². The Morgan fingerprint density at radius 3 is 2.60 bits per heavy atom. The van der Waals surface area contributed by atoms with Gasteiger partial charge in [0, 0.05) is 24.8 Å². The van der Waals surface area contributed by atoms with Crippen LogP contribution < -0.4 is 14.8 Å². The molecule has 0 bridgehead atoms. The van der Waals surface area contributed by atoms with Gasteiger partial charge in [0.05, 0.1) is 19.6 Å². The van der Waals surface area contributed by atoms with Crippen LogP contribution in [0.5, 0.6) is 11.5 Å². The van der Waals surface area contributed by atoms with Crippen molar-refractivity contribution in [2.45, 2.75) is 25.7 Å². The summed E-state index contributed by atoms with van der Waals surface area (Å²) in [5.74, 6) is -0.611. The number of carboxylic acids is 1. The van der Waals surface area contributed by atoms with Crippen LogP contribution in [0.1, 0.15) is 25.7 Å². The molecule has 7 nitrogen and oxygen atoms in total. The van der Waals surface area contributed by atoms with Gasteiger partial charge in [-0.3, -0.25) is 9.59 Å². The summed E-state index contributed by atoms with van der Waals surface area (Å²) in [6.45, 7) is 0.811. The fourth-order valence-electron chi connectivity index (χ4n) is 3.00. The molecule has 0 aliphatic heterocycles. The van der Waals surface area contributed by atoms with E-state index >= 15 is 0 Å². The second-order valence-electron chi connectivity index (χ2n) is 6.09. The summed E-state index contributed by atoms with van der Waals surface area (Å²) in [6.07, 6.45) is 2.49. The van der Waals surface area contributed by atoms with E-state index in [0.29, 0.717) is 49.7 Å². The lowest BCUT2D eigenvalue weighted by atomic mass is 9.81. The van der Waals surface area contributed by atoms with Gasteiger partial charge in [-0.25, -0.2) is 0 Å². The lowest BCUT2D eigenvalue weighted by molar-refractivity contribution is -0.143. The number of rotatable bonds is 8. The summed E-state index contributed by atoms with van der Waals surface area (Å²) in [5, 5.41) is 12.0. The molecule has 1 aromatic carbocycles. The number of carbonyl (C=O) groups excluding carboxylic acids is 1. The molecular weight excluding hydrogens is 326 g/mol. The molecule has 1 aliphatic rings. The maximum atomic E-state index is 12.5. The quantitative estimate of drug-likeness (QED) is 0.699. The lowest BCUT2D eigenvalue weighted by Crippen LogP contribution is -2.30. The third-order valence-electron chi connectivity index (χ3n) is 4.37. The molecule has 0 heterocycles. The first-order chi connectivity index (χ1) is 12.0. The van der Waals surface area contributed by atoms with Crippen molar-refractivity contribution in [2.24, 2.45) is 11.8 Å². The summed E-state index contributed by atoms with van der Waals surface area (Å²) < 4.78 is 15.8. The van der Waals surface area contributed by atoms with Crippen molar-refractivity contribution in [2.75, 3.05) is 32.8 Å². The fraction of sp³-hybridized carbons (Fsp3) is 0.556. The van der Waals surface area contributed by atoms with E-state index in [1.54, 1.807) is 32.4 Å². The zero-order chi connectivity index (χ0) is 18.2. The molecule has 1 aromatic rings. The van der Waals surface area contributed by atoms with Crippen molar-refractivity contribution < 1.29 is 28.9 Å². The van der Waals surface area contributed by atoms with Crippen LogP contribution in [0.25, 0.3) is 0 Å². The highest BCUT2D eigenvalue weighted by Gasteiger charge is 2.31. The molecule has 2 atom stereocenters. The minimum Gasteiger partial charge on any atom is -0.493 e. The molecule has 0 spiro atoms. The summed E-state index contributed by atoms with van der Waals surface area (Å²) in [7, 11) is 3.14. The molecule has 2 N–H and O–H groups in total. The summed E-state index contributed by atoms with van der Waals surface area (Å²) >= 11 is 0. The Balaban J connectivity index is 2.02. The first kappa shape index (κ1) is 19.1. The van der Waals surface area contributed by atoms with Crippen LogP contribution in [0.15, 0.2) is 18.2 Å². The smallest absolute Gasteiger partial charge is 0.306 e. The molecule has 0 radical (unpaired) electrons. The van der Waals surface area contributed by atoms with Crippen molar-refractivity contribution in [1.82, 2.24) is 0 Å². The Kier molecular flexibility index (Phi) is 7.06. The van der Waals surface area contributed by atoms with E-state index in [-0.39, 0.29) is 11.8 Å². The van der Waals surface area contributed by atoms with Crippen molar-refractivity contribution in [3.05, 3.63) is 18.2 Å². The van der Waals surface area contributed by atoms with E-state index in [2.05, 4.69) is 5.32 Å². The van der Waals surface area contributed by atoms with E-state index < -0.39 is 11.9 Å². The number of anilines is 1. The minimum absolute atomic E-state index is 0.154. The average Bonchev–Trinajstić information content (AvgIpc) is 2.62. The highest BCUT2D eigenvalue weighted by atomic mass is 16.5. The summed E-state index contributed by atoms with van der Waals surface area (Å²) in [6, 6.07) is 5.15. The number of nitrogens with one attached hydrogen (secondary N) is 1. The number of carbonyl (C=O) groups is 2. The van der Waals surface area contributed by atoms with Gasteiger partial charge in [-0.15, -0.1) is 0 Å². The number of methoxy groups -OCH3 is 2. The number of ether oxygens (including phenoxy) is 3. The standard InChI is InChI=1S/C18H25NO6/c1-23-8-9-25-16-11-14(6-7-15(16)24-2)19-17(20)12-4-3-5-13(10-12)18(21)22/h6-7,11-13H,3-5,8-10H2,1-2H3,(H,19,20)(H,21,22). The number of amides is 1. The monoisotopic (exact) mass is 351 g/mol. The molecule has 2 unspecified atom stereocenters. The zero-order valence-electron chi connectivity index (χ0n) is 14.6. The molecule has 0 saturated heterocycles. The molecule has 0 aromatic heterocycles. The Morgan fingerprint density at radius 2 is 1.92 bits per heavy atom. The molecule has 25 heavy (non-hydrogen) atoms. The Bertz CT molecular complexity index is 603. The van der Waals surface area contributed by atoms with Crippen LogP contribution in [0.2, 0.25) is 0 Å². The molecule has 1 aliphatic carbocycles. The van der Waals surface area contributed by atoms with Crippen molar-refractivity contribution in [1.29, 1.82) is 0 Å². The third kappa shape index (κ3) is 5.35. The average molecular weight is 351 g/mol. The molecule has 2 rings (SSSR count). The molecule has 1 fully saturated rings. The Hall–Kier alpha value is -2.28. The fourth-order valence-corrected chi connectivity index (χ4v) is 3.00. The van der Waals surface area contributed by atoms with Gasteiger partial charge < -0.3 is 24.6 Å². The van der Waals surface area contributed by atoms with Crippen LogP contribution in [0, 0.1) is 11.8 Å². The predicted octanol–water partition coefficient (Wildman–Crippen LogP) is 2.55. The first-order valence-corrected chi connectivity index (χ1v) is 8.38. The lowest BCUT2D eigenvalue weighted by Gasteiger charge is -2.25. The maximum Gasteiger partial charge on any atom is 0.306 e. The maximum absolute atomic E-state index is 12.5. The third-order valence-corrected chi connectivity index (χ3v) is 4.37. The number of benzene rings is 1. The normalized spacial score (nSPS) is 19.9. The van der Waals surface area contributed by atoms with Gasteiger partial charge in [0.2, 0.25) is 5.91 Å². The number of aliphatic carboxylic acids is 1. The van der Waals surface area contributed by atoms with Gasteiger partial charge in [-0.2, -0.15) is 0 Å². The van der Waals surface area contributed by atoms with Crippen molar-refractivity contribution in [3.8, 4) is 11.5 Å². The van der Waals surface area contributed by atoms with E-state index in [0.717, 1.165) is 6.42 Å². The van der Waals surface area contributed by atoms with E-state index in [1.165, 1.54) is 0 Å². The van der Waals surface area contributed by atoms with Gasteiger partial charge in [0.15, 0.2) is 11.5 Å². The highest BCUT2D eigenvalue weighted by Crippen LogP contribution is 2.33. The van der Waals surface area contributed by atoms with Crippen LogP contribution in [-0.4, -0.2) is 44.4 Å². The van der Waals surface area contributed by atoms with Gasteiger partial charge in [0.1, 0.15) is 6.61 Å². The molecule has 1 amide bonds. The molecule has 1 saturated carbocycles. The largest absolute Gasteiger partial charge is 0.493 e. The molecule has 7 heteroatoms. The van der Waals surface area contributed by atoms with Crippen molar-refractivity contribution in [3.63, 3.8) is 0 Å². The van der Waals surface area contributed by atoms with Crippen LogP contribution in [0.4, 0.5) is 5.69 Å². The zero-order valence-corrected chi connectivity index (χ0v) is 14.6. The van der Waals surface area contributed by atoms with E-state index in [1.807, 2.05) is 0 Å². The van der Waals surface area contributed by atoms with Crippen LogP contribution >= 0.6 is 0 Å². The van der Waals surface area contributed by atoms with E-state index in [4.69, 9.17) is 19.3 Å². The van der Waals surface area contributed by atoms with Gasteiger partial charge >= 0.3 is 5.97 Å². The predicted molar refractivity (Wildman–Crippen MR) is 92.1 cm³/mol. The second kappa shape index (κ2) is 9.27. The first-order valence-electron chi connectivity index (χ1n) is 8.38. The van der Waals surface area contributed by atoms with Crippen LogP contribution in [-0.2, 0) is 14.3 Å². The van der Waals surface area contributed by atoms with Gasteiger partial charge in [-0.1, -0.05) is 6.42 Å². The summed E-state index contributed by atoms with van der Waals surface area (Å²) in [4.78, 5) is 23.6. The second-order valence-corrected chi connectivity index (χ2v) is 6.09. The van der Waals surface area contributed by atoms with E-state index in [9.17, 15) is 9.59 Å². The molecular formula is C18H25NO6.